The normalized spacial score (nSPS) is 17.1. The van der Waals surface area contributed by atoms with Crippen LogP contribution >= 0.6 is 0 Å². The first-order valence-electron chi connectivity index (χ1n) is 8.78. The zero-order chi connectivity index (χ0) is 19.8. The second-order valence-electron chi connectivity index (χ2n) is 6.41. The molecule has 0 aliphatic carbocycles. The number of ether oxygens (including phenoxy) is 1. The molecule has 146 valence electrons. The van der Waals surface area contributed by atoms with E-state index in [1.54, 1.807) is 24.5 Å². The molecular formula is C18H24N4O5. The van der Waals surface area contributed by atoms with Gasteiger partial charge >= 0.3 is 6.09 Å². The summed E-state index contributed by atoms with van der Waals surface area (Å²) in [5.74, 6) is -1.05. The lowest BCUT2D eigenvalue weighted by Crippen LogP contribution is -2.52. The van der Waals surface area contributed by atoms with Gasteiger partial charge in [-0.05, 0) is 44.4 Å². The summed E-state index contributed by atoms with van der Waals surface area (Å²) in [7, 11) is 0. The number of nitrogens with zero attached hydrogens (tertiary/aromatic N) is 2. The minimum atomic E-state index is -0.813. The van der Waals surface area contributed by atoms with Crippen molar-refractivity contribution in [2.24, 2.45) is 0 Å². The third-order valence-corrected chi connectivity index (χ3v) is 4.17. The standard InChI is InChI=1S/C18H24N4O5/c1-12(23)10-20-16(24)13(2)21-17(25)15-4-3-9-22(15)18(26)27-11-14-5-7-19-8-6-14/h5-8,13,15H,3-4,9-11H2,1-2H3,(H,20,24)(H,21,25)/t13-,15-/m0/s1. The summed E-state index contributed by atoms with van der Waals surface area (Å²) in [6.45, 7) is 3.30. The van der Waals surface area contributed by atoms with Crippen LogP contribution in [0.25, 0.3) is 0 Å². The molecular weight excluding hydrogens is 352 g/mol. The number of amides is 3. The molecule has 9 heteroatoms. The number of Topliss-reactive ketones (excluding diaryl/α,β-unsaturated/α-hetero) is 1. The van der Waals surface area contributed by atoms with Crippen molar-refractivity contribution in [3.8, 4) is 0 Å². The number of likely N-dealkylation sites (tertiary alicyclic amines) is 1. The molecule has 0 saturated carbocycles. The Hall–Kier alpha value is -2.97. The minimum absolute atomic E-state index is 0.0874. The van der Waals surface area contributed by atoms with Gasteiger partial charge in [0.15, 0.2) is 0 Å². The first-order valence-corrected chi connectivity index (χ1v) is 8.78. The van der Waals surface area contributed by atoms with Crippen LogP contribution < -0.4 is 10.6 Å². The molecule has 0 radical (unpaired) electrons. The lowest BCUT2D eigenvalue weighted by molar-refractivity contribution is -0.131. The van der Waals surface area contributed by atoms with Crippen molar-refractivity contribution < 1.29 is 23.9 Å². The van der Waals surface area contributed by atoms with Crippen molar-refractivity contribution in [2.75, 3.05) is 13.1 Å². The van der Waals surface area contributed by atoms with E-state index in [1.807, 2.05) is 0 Å². The molecule has 1 fully saturated rings. The summed E-state index contributed by atoms with van der Waals surface area (Å²) in [5.41, 5.74) is 0.800. The van der Waals surface area contributed by atoms with Gasteiger partial charge in [0, 0.05) is 18.9 Å². The van der Waals surface area contributed by atoms with Gasteiger partial charge in [-0.1, -0.05) is 0 Å². The number of carbonyl (C=O) groups excluding carboxylic acids is 4. The Morgan fingerprint density at radius 2 is 2.00 bits per heavy atom. The minimum Gasteiger partial charge on any atom is -0.445 e. The van der Waals surface area contributed by atoms with E-state index in [-0.39, 0.29) is 18.9 Å². The first kappa shape index (κ1) is 20.3. The van der Waals surface area contributed by atoms with Gasteiger partial charge in [0.2, 0.25) is 11.8 Å². The molecule has 3 amide bonds. The summed E-state index contributed by atoms with van der Waals surface area (Å²) >= 11 is 0. The fourth-order valence-corrected chi connectivity index (χ4v) is 2.70. The Kier molecular flexibility index (Phi) is 7.27. The molecule has 1 aliphatic rings. The molecule has 1 aromatic heterocycles. The number of ketones is 1. The zero-order valence-electron chi connectivity index (χ0n) is 15.4. The molecule has 9 nitrogen and oxygen atoms in total. The van der Waals surface area contributed by atoms with E-state index in [4.69, 9.17) is 4.74 Å². The third kappa shape index (κ3) is 6.05. The van der Waals surface area contributed by atoms with Crippen LogP contribution in [0.3, 0.4) is 0 Å². The number of rotatable bonds is 7. The van der Waals surface area contributed by atoms with Crippen molar-refractivity contribution in [1.82, 2.24) is 20.5 Å². The molecule has 1 saturated heterocycles. The van der Waals surface area contributed by atoms with Gasteiger partial charge in [0.05, 0.1) is 6.54 Å². The lowest BCUT2D eigenvalue weighted by atomic mass is 10.2. The first-order chi connectivity index (χ1) is 12.9. The Balaban J connectivity index is 1.86. The molecule has 0 unspecified atom stereocenters. The third-order valence-electron chi connectivity index (χ3n) is 4.17. The molecule has 0 bridgehead atoms. The highest BCUT2D eigenvalue weighted by molar-refractivity contribution is 5.92. The maximum Gasteiger partial charge on any atom is 0.410 e. The van der Waals surface area contributed by atoms with E-state index in [9.17, 15) is 19.2 Å². The largest absolute Gasteiger partial charge is 0.445 e. The SMILES string of the molecule is CC(=O)CNC(=O)[C@H](C)NC(=O)[C@@H]1CCCN1C(=O)OCc1ccncc1. The molecule has 2 atom stereocenters. The van der Waals surface area contributed by atoms with Crippen LogP contribution in [-0.2, 0) is 25.7 Å². The van der Waals surface area contributed by atoms with E-state index in [1.165, 1.54) is 18.7 Å². The number of hydrogen-bond donors (Lipinski definition) is 2. The fourth-order valence-electron chi connectivity index (χ4n) is 2.70. The van der Waals surface area contributed by atoms with Gasteiger partial charge in [0.25, 0.3) is 0 Å². The quantitative estimate of drug-likeness (QED) is 0.711. The van der Waals surface area contributed by atoms with E-state index in [2.05, 4.69) is 15.6 Å². The van der Waals surface area contributed by atoms with Gasteiger partial charge in [-0.25, -0.2) is 4.79 Å². The van der Waals surface area contributed by atoms with Gasteiger partial charge in [-0.3, -0.25) is 24.3 Å². The summed E-state index contributed by atoms with van der Waals surface area (Å²) in [5, 5.41) is 5.02. The van der Waals surface area contributed by atoms with E-state index in [0.717, 1.165) is 5.56 Å². The summed E-state index contributed by atoms with van der Waals surface area (Å²) in [6.07, 6.45) is 3.81. The Bertz CT molecular complexity index is 694. The Morgan fingerprint density at radius 1 is 1.30 bits per heavy atom. The van der Waals surface area contributed by atoms with Gasteiger partial charge in [0.1, 0.15) is 24.5 Å². The number of pyridine rings is 1. The average molecular weight is 376 g/mol. The molecule has 2 N–H and O–H groups in total. The predicted molar refractivity (Wildman–Crippen MR) is 95.4 cm³/mol. The number of aromatic nitrogens is 1. The highest BCUT2D eigenvalue weighted by Gasteiger charge is 2.36. The maximum absolute atomic E-state index is 12.5. The molecule has 0 spiro atoms. The fraction of sp³-hybridized carbons (Fsp3) is 0.500. The lowest BCUT2D eigenvalue weighted by Gasteiger charge is -2.24. The van der Waals surface area contributed by atoms with E-state index < -0.39 is 30.0 Å². The van der Waals surface area contributed by atoms with Crippen LogP contribution in [0.1, 0.15) is 32.3 Å². The van der Waals surface area contributed by atoms with Gasteiger partial charge in [-0.15, -0.1) is 0 Å². The van der Waals surface area contributed by atoms with E-state index in [0.29, 0.717) is 19.4 Å². The van der Waals surface area contributed by atoms with Crippen molar-refractivity contribution in [3.05, 3.63) is 30.1 Å². The van der Waals surface area contributed by atoms with Crippen LogP contribution in [0.2, 0.25) is 0 Å². The number of hydrogen-bond acceptors (Lipinski definition) is 6. The highest BCUT2D eigenvalue weighted by Crippen LogP contribution is 2.19. The molecule has 27 heavy (non-hydrogen) atoms. The van der Waals surface area contributed by atoms with Crippen LogP contribution in [-0.4, -0.2) is 58.7 Å². The van der Waals surface area contributed by atoms with Gasteiger partial charge < -0.3 is 15.4 Å². The summed E-state index contributed by atoms with van der Waals surface area (Å²) in [4.78, 5) is 52.9. The Labute approximate surface area is 157 Å². The van der Waals surface area contributed by atoms with Crippen LogP contribution in [0.5, 0.6) is 0 Å². The topological polar surface area (TPSA) is 118 Å². The molecule has 1 aromatic rings. The molecule has 0 aromatic carbocycles. The average Bonchev–Trinajstić information content (AvgIpc) is 3.15. The Morgan fingerprint density at radius 3 is 2.67 bits per heavy atom. The number of nitrogens with one attached hydrogen (secondary N) is 2. The number of carbonyl (C=O) groups is 4. The van der Waals surface area contributed by atoms with Crippen molar-refractivity contribution >= 4 is 23.7 Å². The van der Waals surface area contributed by atoms with Gasteiger partial charge in [-0.2, -0.15) is 0 Å². The second-order valence-corrected chi connectivity index (χ2v) is 6.41. The molecule has 2 rings (SSSR count). The zero-order valence-corrected chi connectivity index (χ0v) is 15.4. The maximum atomic E-state index is 12.5. The molecule has 1 aliphatic heterocycles. The predicted octanol–water partition coefficient (Wildman–Crippen LogP) is 0.393. The summed E-state index contributed by atoms with van der Waals surface area (Å²) in [6, 6.07) is 1.98. The van der Waals surface area contributed by atoms with Crippen molar-refractivity contribution in [3.63, 3.8) is 0 Å². The van der Waals surface area contributed by atoms with Crippen molar-refractivity contribution in [2.45, 2.75) is 45.4 Å². The smallest absolute Gasteiger partial charge is 0.410 e. The van der Waals surface area contributed by atoms with Crippen LogP contribution in [0.4, 0.5) is 4.79 Å². The van der Waals surface area contributed by atoms with Crippen LogP contribution in [0.15, 0.2) is 24.5 Å². The second kappa shape index (κ2) is 9.65. The van der Waals surface area contributed by atoms with Crippen LogP contribution in [0, 0.1) is 0 Å². The summed E-state index contributed by atoms with van der Waals surface area (Å²) < 4.78 is 5.27. The molecule has 2 heterocycles. The highest BCUT2D eigenvalue weighted by atomic mass is 16.6. The van der Waals surface area contributed by atoms with Crippen molar-refractivity contribution in [1.29, 1.82) is 0 Å². The monoisotopic (exact) mass is 376 g/mol. The van der Waals surface area contributed by atoms with E-state index >= 15 is 0 Å².